The molecule has 1 heterocycles. The van der Waals surface area contributed by atoms with Crippen LogP contribution in [0.5, 0.6) is 11.5 Å². The van der Waals surface area contributed by atoms with Crippen molar-refractivity contribution in [2.24, 2.45) is 11.3 Å². The maximum atomic E-state index is 12.1. The van der Waals surface area contributed by atoms with E-state index >= 15 is 0 Å². The minimum atomic E-state index is -0.509. The fraction of sp³-hybridized carbons (Fsp3) is 0.435. The highest BCUT2D eigenvalue weighted by Gasteiger charge is 2.34. The molecule has 5 nitrogen and oxygen atoms in total. The van der Waals surface area contributed by atoms with Crippen LogP contribution in [0.3, 0.4) is 0 Å². The van der Waals surface area contributed by atoms with E-state index in [1.807, 2.05) is 75.4 Å². The van der Waals surface area contributed by atoms with Gasteiger partial charge in [0.2, 0.25) is 0 Å². The summed E-state index contributed by atoms with van der Waals surface area (Å²) in [6, 6.07) is 17.7. The van der Waals surface area contributed by atoms with E-state index in [2.05, 4.69) is 5.32 Å². The van der Waals surface area contributed by atoms with Crippen molar-refractivity contribution in [1.29, 1.82) is 0 Å². The highest BCUT2D eigenvalue weighted by atomic mass is 16.6. The molecule has 150 valence electrons. The highest BCUT2D eigenvalue weighted by Crippen LogP contribution is 2.24. The van der Waals surface area contributed by atoms with Gasteiger partial charge in [-0.1, -0.05) is 30.3 Å². The van der Waals surface area contributed by atoms with Crippen molar-refractivity contribution in [1.82, 2.24) is 5.32 Å². The third-order valence-electron chi connectivity index (χ3n) is 4.67. The van der Waals surface area contributed by atoms with Crippen molar-refractivity contribution >= 4 is 5.97 Å². The average Bonchev–Trinajstić information content (AvgIpc) is 3.12. The number of benzene rings is 2. The first-order chi connectivity index (χ1) is 13.4. The van der Waals surface area contributed by atoms with E-state index in [0.717, 1.165) is 30.0 Å². The fourth-order valence-electron chi connectivity index (χ4n) is 2.91. The molecule has 1 fully saturated rings. The molecule has 2 atom stereocenters. The quantitative estimate of drug-likeness (QED) is 0.727. The molecule has 0 aliphatic carbocycles. The summed E-state index contributed by atoms with van der Waals surface area (Å²) >= 11 is 0. The van der Waals surface area contributed by atoms with Crippen molar-refractivity contribution in [2.45, 2.75) is 40.0 Å². The first-order valence-corrected chi connectivity index (χ1v) is 9.76. The molecule has 1 aliphatic rings. The predicted molar refractivity (Wildman–Crippen MR) is 108 cm³/mol. The number of carbonyl (C=O) groups excluding carboxylic acids is 1. The van der Waals surface area contributed by atoms with Crippen molar-refractivity contribution in [3.63, 3.8) is 0 Å². The summed E-state index contributed by atoms with van der Waals surface area (Å²) < 4.78 is 17.3. The summed E-state index contributed by atoms with van der Waals surface area (Å²) in [6.45, 7) is 7.43. The monoisotopic (exact) mass is 383 g/mol. The molecule has 2 aromatic carbocycles. The Balaban J connectivity index is 1.47. The Labute approximate surface area is 167 Å². The topological polar surface area (TPSA) is 56.8 Å². The van der Waals surface area contributed by atoms with Crippen LogP contribution in [0.2, 0.25) is 0 Å². The third kappa shape index (κ3) is 5.73. The molecular formula is C23H29NO4. The zero-order valence-corrected chi connectivity index (χ0v) is 16.8. The van der Waals surface area contributed by atoms with Gasteiger partial charge in [0.05, 0.1) is 12.0 Å². The van der Waals surface area contributed by atoms with Crippen LogP contribution in [0.15, 0.2) is 54.6 Å². The third-order valence-corrected chi connectivity index (χ3v) is 4.67. The van der Waals surface area contributed by atoms with Gasteiger partial charge in [-0.25, -0.2) is 0 Å². The van der Waals surface area contributed by atoms with E-state index in [9.17, 15) is 4.79 Å². The normalized spacial score (nSPS) is 19.2. The molecule has 0 amide bonds. The van der Waals surface area contributed by atoms with Crippen LogP contribution < -0.4 is 14.8 Å². The standard InChI is InChI=1S/C23H29NO4/c1-23(2,3)22(25)28-21-18(13-14-24-21)16-27-20-11-9-19(10-12-20)26-15-17-7-5-4-6-8-17/h4-12,18,21,24H,13-16H2,1-3H3/t18-,21?/m0/s1. The average molecular weight is 383 g/mol. The van der Waals surface area contributed by atoms with Gasteiger partial charge in [-0.3, -0.25) is 10.1 Å². The summed E-state index contributed by atoms with van der Waals surface area (Å²) in [5, 5.41) is 3.24. The molecule has 3 rings (SSSR count). The summed E-state index contributed by atoms with van der Waals surface area (Å²) in [5.74, 6) is 1.52. The molecule has 28 heavy (non-hydrogen) atoms. The van der Waals surface area contributed by atoms with Crippen LogP contribution in [0, 0.1) is 11.3 Å². The van der Waals surface area contributed by atoms with Gasteiger partial charge in [0.15, 0.2) is 6.23 Å². The number of esters is 1. The molecule has 0 saturated carbocycles. The summed E-state index contributed by atoms with van der Waals surface area (Å²) in [4.78, 5) is 12.1. The van der Waals surface area contributed by atoms with Gasteiger partial charge in [-0.2, -0.15) is 0 Å². The smallest absolute Gasteiger partial charge is 0.312 e. The number of nitrogens with one attached hydrogen (secondary N) is 1. The molecule has 1 N–H and O–H groups in total. The Morgan fingerprint density at radius 1 is 1.00 bits per heavy atom. The van der Waals surface area contributed by atoms with Crippen LogP contribution in [0.4, 0.5) is 0 Å². The van der Waals surface area contributed by atoms with E-state index in [4.69, 9.17) is 14.2 Å². The van der Waals surface area contributed by atoms with Crippen LogP contribution in [-0.2, 0) is 16.1 Å². The maximum Gasteiger partial charge on any atom is 0.312 e. The lowest BCUT2D eigenvalue weighted by Crippen LogP contribution is -2.38. The van der Waals surface area contributed by atoms with Crippen molar-refractivity contribution in [3.8, 4) is 11.5 Å². The second-order valence-electron chi connectivity index (χ2n) is 8.14. The van der Waals surface area contributed by atoms with Gasteiger partial charge in [-0.05, 0) is 63.6 Å². The first kappa shape index (κ1) is 20.2. The zero-order chi connectivity index (χ0) is 20.0. The largest absolute Gasteiger partial charge is 0.493 e. The van der Waals surface area contributed by atoms with Gasteiger partial charge < -0.3 is 14.2 Å². The van der Waals surface area contributed by atoms with Gasteiger partial charge in [0.25, 0.3) is 0 Å². The lowest BCUT2D eigenvalue weighted by Gasteiger charge is -2.24. The van der Waals surface area contributed by atoms with Gasteiger partial charge in [0.1, 0.15) is 18.1 Å². The summed E-state index contributed by atoms with van der Waals surface area (Å²) in [6.07, 6.45) is 0.626. The second-order valence-corrected chi connectivity index (χ2v) is 8.14. The number of hydrogen-bond donors (Lipinski definition) is 1. The minimum Gasteiger partial charge on any atom is -0.493 e. The number of hydrogen-bond acceptors (Lipinski definition) is 5. The number of ether oxygens (including phenoxy) is 3. The Hall–Kier alpha value is -2.53. The number of carbonyl (C=O) groups is 1. The van der Waals surface area contributed by atoms with Crippen LogP contribution in [0.25, 0.3) is 0 Å². The van der Waals surface area contributed by atoms with E-state index < -0.39 is 5.41 Å². The Bertz CT molecular complexity index is 752. The maximum absolute atomic E-state index is 12.1. The van der Waals surface area contributed by atoms with E-state index in [-0.39, 0.29) is 18.1 Å². The lowest BCUT2D eigenvalue weighted by molar-refractivity contribution is -0.162. The van der Waals surface area contributed by atoms with Gasteiger partial charge in [0, 0.05) is 5.92 Å². The molecule has 0 aromatic heterocycles. The van der Waals surface area contributed by atoms with Crippen LogP contribution >= 0.6 is 0 Å². The SMILES string of the molecule is CC(C)(C)C(=O)OC1NCC[C@H]1COc1ccc(OCc2ccccc2)cc1. The second kappa shape index (κ2) is 9.11. The molecule has 1 unspecified atom stereocenters. The van der Waals surface area contributed by atoms with E-state index in [1.165, 1.54) is 0 Å². The predicted octanol–water partition coefficient (Wildman–Crippen LogP) is 4.17. The summed E-state index contributed by atoms with van der Waals surface area (Å²) in [7, 11) is 0. The molecule has 5 heteroatoms. The minimum absolute atomic E-state index is 0.139. The van der Waals surface area contributed by atoms with Crippen molar-refractivity contribution in [3.05, 3.63) is 60.2 Å². The lowest BCUT2D eigenvalue weighted by atomic mass is 9.97. The van der Waals surface area contributed by atoms with Crippen molar-refractivity contribution < 1.29 is 19.0 Å². The Morgan fingerprint density at radius 2 is 1.64 bits per heavy atom. The molecule has 2 aromatic rings. The molecule has 0 radical (unpaired) electrons. The van der Waals surface area contributed by atoms with E-state index in [1.54, 1.807) is 0 Å². The van der Waals surface area contributed by atoms with E-state index in [0.29, 0.717) is 13.2 Å². The zero-order valence-electron chi connectivity index (χ0n) is 16.8. The molecule has 0 bridgehead atoms. The molecular weight excluding hydrogens is 354 g/mol. The fourth-order valence-corrected chi connectivity index (χ4v) is 2.91. The Kier molecular flexibility index (Phi) is 6.57. The highest BCUT2D eigenvalue weighted by molar-refractivity contribution is 5.75. The Morgan fingerprint density at radius 3 is 2.29 bits per heavy atom. The van der Waals surface area contributed by atoms with Crippen molar-refractivity contribution in [2.75, 3.05) is 13.2 Å². The molecule has 1 saturated heterocycles. The summed E-state index contributed by atoms with van der Waals surface area (Å²) in [5.41, 5.74) is 0.623. The van der Waals surface area contributed by atoms with Gasteiger partial charge >= 0.3 is 5.97 Å². The van der Waals surface area contributed by atoms with Gasteiger partial charge in [-0.15, -0.1) is 0 Å². The molecule has 1 aliphatic heterocycles. The van der Waals surface area contributed by atoms with Crippen LogP contribution in [0.1, 0.15) is 32.8 Å². The number of rotatable bonds is 7. The molecule has 0 spiro atoms. The first-order valence-electron chi connectivity index (χ1n) is 9.76. The van der Waals surface area contributed by atoms with Crippen LogP contribution in [-0.4, -0.2) is 25.3 Å².